The zero-order valence-corrected chi connectivity index (χ0v) is 21.2. The maximum Gasteiger partial charge on any atom is 0.416 e. The van der Waals surface area contributed by atoms with Gasteiger partial charge in [0.15, 0.2) is 11.7 Å². The number of aromatic nitrogens is 2. The number of benzene rings is 2. The van der Waals surface area contributed by atoms with Crippen molar-refractivity contribution in [3.8, 4) is 0 Å². The number of anilines is 4. The fraction of sp³-hybridized carbons (Fsp3) is 0.231. The van der Waals surface area contributed by atoms with E-state index in [1.54, 1.807) is 12.1 Å². The first-order chi connectivity index (χ1) is 18.5. The SMILES string of the molecule is C=CNc1c(N)nc(N2CCN(C)CC2)nc1C(N)=Nc1cccc(C(=O)Nc2cccc(C(F)(F)F)c2)c1. The van der Waals surface area contributed by atoms with Gasteiger partial charge in [-0.25, -0.2) is 9.98 Å². The molecule has 1 saturated heterocycles. The fourth-order valence-corrected chi connectivity index (χ4v) is 3.93. The Morgan fingerprint density at radius 3 is 2.51 bits per heavy atom. The number of carbonyl (C=O) groups excluding carboxylic acids is 1. The summed E-state index contributed by atoms with van der Waals surface area (Å²) in [5.41, 5.74) is 12.8. The topological polar surface area (TPSA) is 138 Å². The first-order valence-electron chi connectivity index (χ1n) is 12.0. The number of hydrogen-bond acceptors (Lipinski definition) is 8. The molecule has 1 fully saturated rings. The van der Waals surface area contributed by atoms with Gasteiger partial charge in [0.2, 0.25) is 5.95 Å². The van der Waals surface area contributed by atoms with Crippen LogP contribution in [-0.2, 0) is 6.18 Å². The molecule has 1 aliphatic rings. The molecule has 0 saturated carbocycles. The van der Waals surface area contributed by atoms with Gasteiger partial charge in [-0.2, -0.15) is 18.2 Å². The number of alkyl halides is 3. The summed E-state index contributed by atoms with van der Waals surface area (Å²) < 4.78 is 39.1. The Balaban J connectivity index is 1.61. The number of amidine groups is 1. The van der Waals surface area contributed by atoms with Crippen LogP contribution in [0.2, 0.25) is 0 Å². The first kappa shape index (κ1) is 27.4. The van der Waals surface area contributed by atoms with Crippen LogP contribution in [0, 0.1) is 0 Å². The zero-order valence-electron chi connectivity index (χ0n) is 21.2. The van der Waals surface area contributed by atoms with Crippen molar-refractivity contribution >= 4 is 40.6 Å². The Morgan fingerprint density at radius 1 is 1.10 bits per heavy atom. The third-order valence-corrected chi connectivity index (χ3v) is 6.01. The van der Waals surface area contributed by atoms with Gasteiger partial charge in [-0.1, -0.05) is 18.7 Å². The molecule has 1 amide bonds. The van der Waals surface area contributed by atoms with Crippen LogP contribution in [0.1, 0.15) is 21.6 Å². The van der Waals surface area contributed by atoms with Crippen LogP contribution in [0.25, 0.3) is 0 Å². The van der Waals surface area contributed by atoms with E-state index in [1.807, 2.05) is 11.9 Å². The molecule has 2 aromatic carbocycles. The molecule has 204 valence electrons. The second kappa shape index (κ2) is 11.4. The lowest BCUT2D eigenvalue weighted by Crippen LogP contribution is -2.45. The summed E-state index contributed by atoms with van der Waals surface area (Å²) in [4.78, 5) is 30.4. The summed E-state index contributed by atoms with van der Waals surface area (Å²) in [5, 5.41) is 5.38. The van der Waals surface area contributed by atoms with E-state index >= 15 is 0 Å². The molecule has 0 spiro atoms. The predicted molar refractivity (Wildman–Crippen MR) is 146 cm³/mol. The molecule has 3 aromatic rings. The lowest BCUT2D eigenvalue weighted by Gasteiger charge is -2.32. The highest BCUT2D eigenvalue weighted by atomic mass is 19.4. The minimum Gasteiger partial charge on any atom is -0.382 e. The zero-order chi connectivity index (χ0) is 28.2. The van der Waals surface area contributed by atoms with Crippen molar-refractivity contribution in [3.05, 3.63) is 78.1 Å². The molecule has 0 aliphatic carbocycles. The minimum atomic E-state index is -4.53. The van der Waals surface area contributed by atoms with Gasteiger partial charge >= 0.3 is 6.18 Å². The lowest BCUT2D eigenvalue weighted by atomic mass is 10.1. The first-order valence-corrected chi connectivity index (χ1v) is 12.0. The molecular formula is C26H28F3N9O. The largest absolute Gasteiger partial charge is 0.416 e. The van der Waals surface area contributed by atoms with Crippen LogP contribution >= 0.6 is 0 Å². The normalized spacial score (nSPS) is 14.7. The molecule has 1 aromatic heterocycles. The minimum absolute atomic E-state index is 0.0104. The van der Waals surface area contributed by atoms with Crippen molar-refractivity contribution in [2.75, 3.05) is 54.5 Å². The van der Waals surface area contributed by atoms with Gasteiger partial charge in [0.1, 0.15) is 11.4 Å². The molecule has 6 N–H and O–H groups in total. The van der Waals surface area contributed by atoms with Gasteiger partial charge in [-0.15, -0.1) is 0 Å². The maximum absolute atomic E-state index is 13.0. The molecule has 0 bridgehead atoms. The highest BCUT2D eigenvalue weighted by Gasteiger charge is 2.30. The average molecular weight is 540 g/mol. The second-order valence-corrected chi connectivity index (χ2v) is 8.85. The van der Waals surface area contributed by atoms with Crippen molar-refractivity contribution in [2.45, 2.75) is 6.18 Å². The highest BCUT2D eigenvalue weighted by Crippen LogP contribution is 2.31. The highest BCUT2D eigenvalue weighted by molar-refractivity contribution is 6.06. The van der Waals surface area contributed by atoms with E-state index in [2.05, 4.69) is 37.1 Å². The number of piperazine rings is 1. The summed E-state index contributed by atoms with van der Waals surface area (Å²) in [7, 11) is 2.04. The smallest absolute Gasteiger partial charge is 0.382 e. The van der Waals surface area contributed by atoms with Crippen LogP contribution in [0.3, 0.4) is 0 Å². The number of carbonyl (C=O) groups is 1. The lowest BCUT2D eigenvalue weighted by molar-refractivity contribution is -0.137. The number of amides is 1. The fourth-order valence-electron chi connectivity index (χ4n) is 3.93. The Labute approximate surface area is 223 Å². The summed E-state index contributed by atoms with van der Waals surface area (Å²) >= 11 is 0. The molecule has 13 heteroatoms. The number of nitrogens with one attached hydrogen (secondary N) is 2. The summed E-state index contributed by atoms with van der Waals surface area (Å²) in [6.45, 7) is 6.76. The van der Waals surface area contributed by atoms with Crippen LogP contribution in [0.5, 0.6) is 0 Å². The van der Waals surface area contributed by atoms with E-state index in [9.17, 15) is 18.0 Å². The molecule has 0 atom stereocenters. The van der Waals surface area contributed by atoms with E-state index in [4.69, 9.17) is 11.5 Å². The summed E-state index contributed by atoms with van der Waals surface area (Å²) in [5.74, 6) is -0.0133. The van der Waals surface area contributed by atoms with Crippen LogP contribution < -0.4 is 27.0 Å². The third kappa shape index (κ3) is 6.62. The number of hydrogen-bond donors (Lipinski definition) is 4. The molecule has 39 heavy (non-hydrogen) atoms. The summed E-state index contributed by atoms with van der Waals surface area (Å²) in [6, 6.07) is 10.6. The molecule has 4 rings (SSSR count). The van der Waals surface area contributed by atoms with Crippen molar-refractivity contribution < 1.29 is 18.0 Å². The Bertz CT molecular complexity index is 1400. The van der Waals surface area contributed by atoms with Gasteiger partial charge in [0.05, 0.1) is 11.3 Å². The van der Waals surface area contributed by atoms with Gasteiger partial charge in [-0.3, -0.25) is 4.79 Å². The van der Waals surface area contributed by atoms with E-state index in [1.165, 1.54) is 30.5 Å². The standard InChI is InChI=1S/C26H28F3N9O/c1-3-32-20-21(35-25(36-22(20)30)38-12-10-37(2)11-13-38)23(31)33-18-8-4-6-16(14-18)24(39)34-19-9-5-7-17(15-19)26(27,28)29/h3-9,14-15,32H,1,10-13H2,2H3,(H2,31,33)(H,34,39)(H2,30,35,36). The Morgan fingerprint density at radius 2 is 1.82 bits per heavy atom. The number of nitrogens with two attached hydrogens (primary N) is 2. The molecule has 0 radical (unpaired) electrons. The number of nitrogen functional groups attached to an aromatic ring is 1. The second-order valence-electron chi connectivity index (χ2n) is 8.85. The van der Waals surface area contributed by atoms with Crippen LogP contribution in [-0.4, -0.2) is 59.8 Å². The van der Waals surface area contributed by atoms with Crippen LogP contribution in [0.15, 0.2) is 66.3 Å². The van der Waals surface area contributed by atoms with Crippen molar-refractivity contribution in [1.82, 2.24) is 14.9 Å². The quantitative estimate of drug-likeness (QED) is 0.264. The predicted octanol–water partition coefficient (Wildman–Crippen LogP) is 3.67. The van der Waals surface area contributed by atoms with Gasteiger partial charge in [-0.05, 0) is 49.6 Å². The van der Waals surface area contributed by atoms with Crippen LogP contribution in [0.4, 0.5) is 42.0 Å². The average Bonchev–Trinajstić information content (AvgIpc) is 2.90. The monoisotopic (exact) mass is 539 g/mol. The molecule has 10 nitrogen and oxygen atoms in total. The number of likely N-dealkylation sites (N-methyl/N-ethyl adjacent to an activating group) is 1. The molecule has 2 heterocycles. The van der Waals surface area contributed by atoms with Crippen molar-refractivity contribution in [1.29, 1.82) is 0 Å². The third-order valence-electron chi connectivity index (χ3n) is 6.01. The number of rotatable bonds is 7. The van der Waals surface area contributed by atoms with Crippen molar-refractivity contribution in [2.24, 2.45) is 10.7 Å². The van der Waals surface area contributed by atoms with E-state index in [-0.39, 0.29) is 28.6 Å². The molecular weight excluding hydrogens is 511 g/mol. The molecule has 1 aliphatic heterocycles. The van der Waals surface area contributed by atoms with E-state index < -0.39 is 17.6 Å². The summed E-state index contributed by atoms with van der Waals surface area (Å²) in [6.07, 6.45) is -3.11. The van der Waals surface area contributed by atoms with E-state index in [0.717, 1.165) is 25.2 Å². The Kier molecular flexibility index (Phi) is 8.00. The maximum atomic E-state index is 13.0. The van der Waals surface area contributed by atoms with E-state index in [0.29, 0.717) is 30.4 Å². The number of aliphatic imine (C=N–C) groups is 1. The van der Waals surface area contributed by atoms with Gasteiger partial charge in [0, 0.05) is 37.4 Å². The van der Waals surface area contributed by atoms with Gasteiger partial charge < -0.3 is 31.9 Å². The number of halogens is 3. The molecule has 0 unspecified atom stereocenters. The van der Waals surface area contributed by atoms with Gasteiger partial charge in [0.25, 0.3) is 5.91 Å². The Hall–Kier alpha value is -4.65. The van der Waals surface area contributed by atoms with Crippen molar-refractivity contribution in [3.63, 3.8) is 0 Å². The number of nitrogens with zero attached hydrogens (tertiary/aromatic N) is 5.